The standard InChI is InChI=1S/C21H15ClN2O/c1-14-12-16(22)10-11-20(14)24-21(25)19-9-5-4-8-18(19)17-7-3-2-6-15(17)13-23/h2-12H,1H3,(H,24,25). The van der Waals surface area contributed by atoms with E-state index in [1.54, 1.807) is 30.3 Å². The van der Waals surface area contributed by atoms with Crippen molar-refractivity contribution in [3.8, 4) is 17.2 Å². The van der Waals surface area contributed by atoms with Crippen LogP contribution < -0.4 is 5.32 Å². The van der Waals surface area contributed by atoms with Crippen molar-refractivity contribution in [3.05, 3.63) is 88.4 Å². The molecule has 3 nitrogen and oxygen atoms in total. The average molecular weight is 347 g/mol. The first-order valence-corrected chi connectivity index (χ1v) is 8.14. The van der Waals surface area contributed by atoms with Crippen molar-refractivity contribution in [3.63, 3.8) is 0 Å². The third kappa shape index (κ3) is 3.55. The van der Waals surface area contributed by atoms with E-state index in [0.717, 1.165) is 16.7 Å². The van der Waals surface area contributed by atoms with Gasteiger partial charge in [-0.3, -0.25) is 4.79 Å². The van der Waals surface area contributed by atoms with E-state index >= 15 is 0 Å². The average Bonchev–Trinajstić information content (AvgIpc) is 2.64. The zero-order valence-electron chi connectivity index (χ0n) is 13.6. The third-order valence-electron chi connectivity index (χ3n) is 3.95. The van der Waals surface area contributed by atoms with Crippen molar-refractivity contribution in [2.75, 3.05) is 5.32 Å². The number of amides is 1. The quantitative estimate of drug-likeness (QED) is 0.686. The topological polar surface area (TPSA) is 52.9 Å². The molecule has 4 heteroatoms. The van der Waals surface area contributed by atoms with Gasteiger partial charge in [-0.1, -0.05) is 48.0 Å². The number of nitrogens with zero attached hydrogens (tertiary/aromatic N) is 1. The minimum Gasteiger partial charge on any atom is -0.322 e. The summed E-state index contributed by atoms with van der Waals surface area (Å²) in [6, 6.07) is 22.0. The molecule has 0 fully saturated rings. The van der Waals surface area contributed by atoms with Crippen molar-refractivity contribution in [1.82, 2.24) is 0 Å². The summed E-state index contributed by atoms with van der Waals surface area (Å²) in [4.78, 5) is 12.8. The van der Waals surface area contributed by atoms with Crippen molar-refractivity contribution in [2.24, 2.45) is 0 Å². The van der Waals surface area contributed by atoms with Crippen LogP contribution in [0.15, 0.2) is 66.7 Å². The number of carbonyl (C=O) groups is 1. The van der Waals surface area contributed by atoms with Gasteiger partial charge in [0, 0.05) is 21.8 Å². The van der Waals surface area contributed by atoms with E-state index < -0.39 is 0 Å². The lowest BCUT2D eigenvalue weighted by Crippen LogP contribution is -2.14. The van der Waals surface area contributed by atoms with Crippen molar-refractivity contribution in [1.29, 1.82) is 5.26 Å². The predicted molar refractivity (Wildman–Crippen MR) is 101 cm³/mol. The molecule has 0 aliphatic rings. The lowest BCUT2D eigenvalue weighted by atomic mass is 9.95. The van der Waals surface area contributed by atoms with Crippen LogP contribution in [0.5, 0.6) is 0 Å². The number of rotatable bonds is 3. The van der Waals surface area contributed by atoms with Gasteiger partial charge in [0.2, 0.25) is 0 Å². The Labute approximate surface area is 151 Å². The second-order valence-corrected chi connectivity index (χ2v) is 6.05. The highest BCUT2D eigenvalue weighted by molar-refractivity contribution is 6.30. The summed E-state index contributed by atoms with van der Waals surface area (Å²) in [6.45, 7) is 1.89. The van der Waals surface area contributed by atoms with Gasteiger partial charge < -0.3 is 5.32 Å². The number of carbonyl (C=O) groups excluding carboxylic acids is 1. The van der Waals surface area contributed by atoms with Gasteiger partial charge in [0.1, 0.15) is 0 Å². The molecule has 25 heavy (non-hydrogen) atoms. The van der Waals surface area contributed by atoms with Crippen LogP contribution >= 0.6 is 11.6 Å². The molecule has 0 aliphatic heterocycles. The van der Waals surface area contributed by atoms with Crippen LogP contribution in [0, 0.1) is 18.3 Å². The smallest absolute Gasteiger partial charge is 0.256 e. The Balaban J connectivity index is 2.01. The van der Waals surface area contributed by atoms with E-state index in [1.165, 1.54) is 0 Å². The lowest BCUT2D eigenvalue weighted by molar-refractivity contribution is 0.102. The number of nitriles is 1. The molecule has 0 unspecified atom stereocenters. The Morgan fingerprint density at radius 3 is 2.40 bits per heavy atom. The third-order valence-corrected chi connectivity index (χ3v) is 4.18. The highest BCUT2D eigenvalue weighted by atomic mass is 35.5. The molecule has 0 atom stereocenters. The predicted octanol–water partition coefficient (Wildman–Crippen LogP) is 5.44. The molecule has 0 saturated heterocycles. The van der Waals surface area contributed by atoms with Gasteiger partial charge in [-0.05, 0) is 48.4 Å². The highest BCUT2D eigenvalue weighted by Gasteiger charge is 2.15. The van der Waals surface area contributed by atoms with Crippen molar-refractivity contribution >= 4 is 23.2 Å². The number of aryl methyl sites for hydroxylation is 1. The normalized spacial score (nSPS) is 10.1. The molecule has 0 bridgehead atoms. The van der Waals surface area contributed by atoms with Gasteiger partial charge in [-0.15, -0.1) is 0 Å². The molecule has 0 aliphatic carbocycles. The largest absolute Gasteiger partial charge is 0.322 e. The van der Waals surface area contributed by atoms with Gasteiger partial charge >= 0.3 is 0 Å². The summed E-state index contributed by atoms with van der Waals surface area (Å²) < 4.78 is 0. The minimum absolute atomic E-state index is 0.228. The SMILES string of the molecule is Cc1cc(Cl)ccc1NC(=O)c1ccccc1-c1ccccc1C#N. The lowest BCUT2D eigenvalue weighted by Gasteiger charge is -2.13. The molecule has 1 amide bonds. The number of hydrogen-bond donors (Lipinski definition) is 1. The fraction of sp³-hybridized carbons (Fsp3) is 0.0476. The van der Waals surface area contributed by atoms with Crippen LogP contribution in [-0.4, -0.2) is 5.91 Å². The highest BCUT2D eigenvalue weighted by Crippen LogP contribution is 2.28. The summed E-state index contributed by atoms with van der Waals surface area (Å²) in [6.07, 6.45) is 0. The Bertz CT molecular complexity index is 989. The summed E-state index contributed by atoms with van der Waals surface area (Å²) in [7, 11) is 0. The molecule has 122 valence electrons. The number of benzene rings is 3. The Hall–Kier alpha value is -3.09. The van der Waals surface area contributed by atoms with E-state index in [0.29, 0.717) is 21.8 Å². The molecule has 3 aromatic rings. The molecule has 0 aromatic heterocycles. The number of halogens is 1. The van der Waals surface area contributed by atoms with Gasteiger partial charge in [0.15, 0.2) is 0 Å². The van der Waals surface area contributed by atoms with E-state index in [1.807, 2.05) is 43.3 Å². The Morgan fingerprint density at radius 2 is 1.68 bits per heavy atom. The molecule has 1 N–H and O–H groups in total. The second kappa shape index (κ2) is 7.21. The number of nitrogens with one attached hydrogen (secondary N) is 1. The van der Waals surface area contributed by atoms with Gasteiger partial charge in [-0.25, -0.2) is 0 Å². The minimum atomic E-state index is -0.228. The Kier molecular flexibility index (Phi) is 4.83. The fourth-order valence-corrected chi connectivity index (χ4v) is 2.92. The van der Waals surface area contributed by atoms with E-state index in [4.69, 9.17) is 11.6 Å². The first-order chi connectivity index (χ1) is 12.1. The summed E-state index contributed by atoms with van der Waals surface area (Å²) >= 11 is 5.97. The van der Waals surface area contributed by atoms with Crippen LogP contribution in [0.25, 0.3) is 11.1 Å². The molecule has 3 aromatic carbocycles. The van der Waals surface area contributed by atoms with Crippen LogP contribution in [0.3, 0.4) is 0 Å². The first-order valence-electron chi connectivity index (χ1n) is 7.76. The van der Waals surface area contributed by atoms with Crippen LogP contribution in [-0.2, 0) is 0 Å². The van der Waals surface area contributed by atoms with Crippen LogP contribution in [0.2, 0.25) is 5.02 Å². The summed E-state index contributed by atoms with van der Waals surface area (Å²) in [5.74, 6) is -0.228. The number of anilines is 1. The van der Waals surface area contributed by atoms with Crippen molar-refractivity contribution < 1.29 is 4.79 Å². The molecule has 0 radical (unpaired) electrons. The fourth-order valence-electron chi connectivity index (χ4n) is 2.69. The molecule has 0 heterocycles. The van der Waals surface area contributed by atoms with Gasteiger partial charge in [-0.2, -0.15) is 5.26 Å². The van der Waals surface area contributed by atoms with Crippen molar-refractivity contribution in [2.45, 2.75) is 6.92 Å². The maximum absolute atomic E-state index is 12.8. The molecule has 0 saturated carbocycles. The second-order valence-electron chi connectivity index (χ2n) is 5.62. The summed E-state index contributed by atoms with van der Waals surface area (Å²) in [5.41, 5.74) is 4.10. The van der Waals surface area contributed by atoms with Gasteiger partial charge in [0.25, 0.3) is 5.91 Å². The van der Waals surface area contributed by atoms with E-state index in [9.17, 15) is 10.1 Å². The molecular weight excluding hydrogens is 332 g/mol. The Morgan fingerprint density at radius 1 is 1.00 bits per heavy atom. The first kappa shape index (κ1) is 16.8. The van der Waals surface area contributed by atoms with Crippen LogP contribution in [0.4, 0.5) is 5.69 Å². The van der Waals surface area contributed by atoms with Gasteiger partial charge in [0.05, 0.1) is 11.6 Å². The van der Waals surface area contributed by atoms with E-state index in [2.05, 4.69) is 11.4 Å². The zero-order chi connectivity index (χ0) is 17.8. The van der Waals surface area contributed by atoms with Crippen LogP contribution in [0.1, 0.15) is 21.5 Å². The summed E-state index contributed by atoms with van der Waals surface area (Å²) in [5, 5.41) is 12.9. The van der Waals surface area contributed by atoms with E-state index in [-0.39, 0.29) is 5.91 Å². The monoisotopic (exact) mass is 346 g/mol. The number of hydrogen-bond acceptors (Lipinski definition) is 2. The molecule has 3 rings (SSSR count). The maximum atomic E-state index is 12.8. The molecule has 0 spiro atoms. The maximum Gasteiger partial charge on any atom is 0.256 e. The molecular formula is C21H15ClN2O. The zero-order valence-corrected chi connectivity index (χ0v) is 14.3.